The number of unbranched alkanes of at least 4 members (excludes halogenated alkanes) is 26. The van der Waals surface area contributed by atoms with Crippen molar-refractivity contribution in [1.29, 1.82) is 0 Å². The van der Waals surface area contributed by atoms with Crippen LogP contribution in [0.5, 0.6) is 0 Å². The highest BCUT2D eigenvalue weighted by Crippen LogP contribution is 2.18. The smallest absolute Gasteiger partial charge is 0.320 e. The van der Waals surface area contributed by atoms with E-state index < -0.39 is 148 Å². The Morgan fingerprint density at radius 2 is 0.500 bits per heavy atom. The maximum Gasteiger partial charge on any atom is 0.320 e. The van der Waals surface area contributed by atoms with Crippen molar-refractivity contribution in [2.24, 2.45) is 0 Å². The number of aliphatic carboxylic acids is 9. The van der Waals surface area contributed by atoms with E-state index in [9.17, 15) is 113 Å². The number of carboxylic acid groups (broad SMARTS) is 9. The van der Waals surface area contributed by atoms with E-state index in [0.717, 1.165) is 66.1 Å². The third kappa shape index (κ3) is 52.4. The molecule has 32 heteroatoms. The van der Waals surface area contributed by atoms with E-state index in [-0.39, 0.29) is 128 Å². The lowest BCUT2D eigenvalue weighted by Gasteiger charge is -2.30. The Morgan fingerprint density at radius 3 is 0.769 bits per heavy atom. The molecule has 0 aliphatic heterocycles. The molecule has 5 amide bonds. The van der Waals surface area contributed by atoms with Gasteiger partial charge in [0.15, 0.2) is 0 Å². The van der Waals surface area contributed by atoms with Crippen molar-refractivity contribution in [3.05, 3.63) is 0 Å². The van der Waals surface area contributed by atoms with E-state index in [2.05, 4.69) is 35.1 Å². The van der Waals surface area contributed by atoms with Crippen molar-refractivity contribution in [3.63, 3.8) is 0 Å². The molecule has 0 rings (SSSR count). The number of rotatable bonds is 73. The minimum atomic E-state index is -1.53. The van der Waals surface area contributed by atoms with Gasteiger partial charge in [-0.2, -0.15) is 0 Å². The second-order valence-electron chi connectivity index (χ2n) is 27.0. The lowest BCUT2D eigenvalue weighted by atomic mass is 10.0. The summed E-state index contributed by atoms with van der Waals surface area (Å²) in [6.07, 6.45) is 28.6. The maximum absolute atomic E-state index is 14.4. The molecule has 4 atom stereocenters. The Morgan fingerprint density at radius 1 is 0.260 bits per heavy atom. The summed E-state index contributed by atoms with van der Waals surface area (Å²) in [4.78, 5) is 180. The summed E-state index contributed by atoms with van der Waals surface area (Å²) in [6, 6.07) is -5.84. The van der Waals surface area contributed by atoms with Crippen molar-refractivity contribution < 1.29 is 113 Å². The molecule has 598 valence electrons. The monoisotopic (exact) mass is 1490 g/mol. The standard InChI is InChI=1S/C72H127N9O23/c1-3-5-7-9-11-13-15-17-19-21-23-33-45-77(46-34-24-22-20-18-16-14-12-10-8-6-4-2)62(85)40-39-59(82)73-41-29-25-35-55(69(98)76-44-32-28-38-58(72(103)104)81(53-67(94)95)54-68(96)97)78(47-60(83)74-42-30-26-36-56(70(99)100)79(49-63(86)87)50-64(88)89)48-61(84)75-43-31-27-37-57(71(101)102)80(51-65(90)91)52-66(92)93/h55-58H,3-54H2,1-2H3,(H,73,82)(H,74,83)(H,75,84)(H,76,98)(H,86,87)(H,88,89)(H,90,91)(H,92,93)(H,94,95)(H,96,97)(H,99,100)(H,101,102)(H,103,104)/t55-,56-,57-,58-/m0/s1. The quantitative estimate of drug-likeness (QED) is 0.0286. The molecule has 0 radical (unpaired) electrons. The molecule has 0 aromatic rings. The molecule has 0 saturated heterocycles. The van der Waals surface area contributed by atoms with Gasteiger partial charge < -0.3 is 72.1 Å². The first-order valence-corrected chi connectivity index (χ1v) is 37.9. The normalized spacial score (nSPS) is 12.5. The molecule has 0 aliphatic carbocycles. The molecule has 0 aromatic carbocycles. The minimum Gasteiger partial charge on any atom is -0.480 e. The van der Waals surface area contributed by atoms with Gasteiger partial charge in [-0.25, -0.2) is 0 Å². The molecule has 0 unspecified atom stereocenters. The molecule has 32 nitrogen and oxygen atoms in total. The highest BCUT2D eigenvalue weighted by molar-refractivity contribution is 5.87. The van der Waals surface area contributed by atoms with E-state index in [1.54, 1.807) is 0 Å². The summed E-state index contributed by atoms with van der Waals surface area (Å²) in [5, 5.41) is 96.6. The molecule has 0 heterocycles. The number of carboxylic acids is 9. The van der Waals surface area contributed by atoms with Gasteiger partial charge in [0.25, 0.3) is 0 Å². The molecular formula is C72H127N9O23. The Balaban J connectivity index is 6.64. The van der Waals surface area contributed by atoms with Gasteiger partial charge in [0, 0.05) is 52.1 Å². The molecule has 0 fully saturated rings. The van der Waals surface area contributed by atoms with Crippen LogP contribution in [0.25, 0.3) is 0 Å². The van der Waals surface area contributed by atoms with Gasteiger partial charge in [-0.05, 0) is 89.9 Å². The summed E-state index contributed by atoms with van der Waals surface area (Å²) in [7, 11) is 0. The summed E-state index contributed by atoms with van der Waals surface area (Å²) in [6.45, 7) is -1.12. The van der Waals surface area contributed by atoms with Gasteiger partial charge >= 0.3 is 53.7 Å². The van der Waals surface area contributed by atoms with E-state index in [0.29, 0.717) is 13.1 Å². The summed E-state index contributed by atoms with van der Waals surface area (Å²) >= 11 is 0. The number of nitrogens with zero attached hydrogens (tertiary/aromatic N) is 5. The second-order valence-corrected chi connectivity index (χ2v) is 27.0. The molecule has 0 aromatic heterocycles. The molecule has 0 aliphatic rings. The number of hydrogen-bond donors (Lipinski definition) is 13. The van der Waals surface area contributed by atoms with Crippen LogP contribution in [0.1, 0.15) is 258 Å². The first-order chi connectivity index (χ1) is 49.6. The molecule has 0 bridgehead atoms. The van der Waals surface area contributed by atoms with Crippen molar-refractivity contribution in [2.75, 3.05) is 91.6 Å². The average molecular weight is 1490 g/mol. The van der Waals surface area contributed by atoms with Crippen LogP contribution in [-0.4, -0.2) is 270 Å². The SMILES string of the molecule is CCCCCCCCCCCCCCN(CCCCCCCCCCCCCC)C(=O)CCC(=O)NCCCC[C@@H](C(=O)NCCCC[C@@H](C(=O)O)N(CC(=O)O)CC(=O)O)N(CC(=O)NCCCC[C@@H](C(=O)O)N(CC(=O)O)CC(=O)O)CC(=O)NCCCC[C@@H](C(=O)O)N(CC(=O)O)CC(=O)O. The second kappa shape index (κ2) is 61.7. The first-order valence-electron chi connectivity index (χ1n) is 37.9. The van der Waals surface area contributed by atoms with E-state index in [4.69, 9.17) is 0 Å². The zero-order valence-electron chi connectivity index (χ0n) is 62.1. The van der Waals surface area contributed by atoms with Crippen molar-refractivity contribution in [2.45, 2.75) is 282 Å². The van der Waals surface area contributed by atoms with Crippen LogP contribution in [0, 0.1) is 0 Å². The zero-order chi connectivity index (χ0) is 77.9. The van der Waals surface area contributed by atoms with Crippen molar-refractivity contribution >= 4 is 83.3 Å². The molecule has 0 spiro atoms. The number of nitrogens with one attached hydrogen (secondary N) is 4. The molecule has 104 heavy (non-hydrogen) atoms. The number of carbonyl (C=O) groups is 14. The van der Waals surface area contributed by atoms with Gasteiger partial charge in [-0.15, -0.1) is 0 Å². The Hall–Kier alpha value is -7.58. The van der Waals surface area contributed by atoms with E-state index in [1.165, 1.54) is 108 Å². The number of carbonyl (C=O) groups excluding carboxylic acids is 5. The van der Waals surface area contributed by atoms with E-state index >= 15 is 0 Å². The predicted octanol–water partition coefficient (Wildman–Crippen LogP) is 6.59. The average Bonchev–Trinajstić information content (AvgIpc) is 0.866. The third-order valence-corrected chi connectivity index (χ3v) is 18.0. The highest BCUT2D eigenvalue weighted by Gasteiger charge is 2.33. The summed E-state index contributed by atoms with van der Waals surface area (Å²) in [5.74, 6) is -15.8. The van der Waals surface area contributed by atoms with Gasteiger partial charge in [0.1, 0.15) is 18.1 Å². The van der Waals surface area contributed by atoms with Crippen molar-refractivity contribution in [1.82, 2.24) is 45.8 Å². The third-order valence-electron chi connectivity index (χ3n) is 18.0. The summed E-state index contributed by atoms with van der Waals surface area (Å²) < 4.78 is 0. The number of amides is 5. The fraction of sp³-hybridized carbons (Fsp3) is 0.806. The highest BCUT2D eigenvalue weighted by atomic mass is 16.4. The van der Waals surface area contributed by atoms with Crippen LogP contribution in [0.15, 0.2) is 0 Å². The Labute approximate surface area is 613 Å². The topological polar surface area (TPSA) is 485 Å². The van der Waals surface area contributed by atoms with Crippen LogP contribution < -0.4 is 21.3 Å². The van der Waals surface area contributed by atoms with Gasteiger partial charge in [-0.3, -0.25) is 86.7 Å². The van der Waals surface area contributed by atoms with Crippen LogP contribution in [-0.2, 0) is 67.1 Å². The predicted molar refractivity (Wildman–Crippen MR) is 386 cm³/mol. The van der Waals surface area contributed by atoms with Crippen LogP contribution in [0.4, 0.5) is 0 Å². The van der Waals surface area contributed by atoms with Crippen molar-refractivity contribution in [3.8, 4) is 0 Å². The Kier molecular flexibility index (Phi) is 57.2. The van der Waals surface area contributed by atoms with Gasteiger partial charge in [0.05, 0.1) is 58.4 Å². The lowest BCUT2D eigenvalue weighted by Crippen LogP contribution is -2.53. The van der Waals surface area contributed by atoms with Crippen LogP contribution >= 0.6 is 0 Å². The fourth-order valence-corrected chi connectivity index (χ4v) is 12.5. The summed E-state index contributed by atoms with van der Waals surface area (Å²) in [5.41, 5.74) is 0. The van der Waals surface area contributed by atoms with Crippen LogP contribution in [0.3, 0.4) is 0 Å². The molecule has 0 saturated carbocycles. The largest absolute Gasteiger partial charge is 0.480 e. The van der Waals surface area contributed by atoms with Gasteiger partial charge in [-0.1, -0.05) is 155 Å². The molecular weight excluding hydrogens is 1360 g/mol. The fourth-order valence-electron chi connectivity index (χ4n) is 12.5. The lowest BCUT2D eigenvalue weighted by molar-refractivity contribution is -0.152. The van der Waals surface area contributed by atoms with Crippen LogP contribution in [0.2, 0.25) is 0 Å². The van der Waals surface area contributed by atoms with E-state index in [1.807, 2.05) is 4.90 Å². The maximum atomic E-state index is 14.4. The Bertz CT molecular complexity index is 2380. The zero-order valence-corrected chi connectivity index (χ0v) is 62.1. The van der Waals surface area contributed by atoms with Gasteiger partial charge in [0.2, 0.25) is 29.5 Å². The molecule has 13 N–H and O–H groups in total. The number of hydrogen-bond acceptors (Lipinski definition) is 18. The first kappa shape index (κ1) is 96.4. The minimum absolute atomic E-state index is 0.00561.